The maximum Gasteiger partial charge on any atom is 0.409 e. The van der Waals surface area contributed by atoms with Crippen LogP contribution in [0.25, 0.3) is 0 Å². The van der Waals surface area contributed by atoms with Crippen molar-refractivity contribution >= 4 is 17.6 Å². The maximum atomic E-state index is 13.7. The Labute approximate surface area is 205 Å². The van der Waals surface area contributed by atoms with E-state index in [1.807, 2.05) is 18.7 Å². The SMILES string of the molecule is CC.COC(=O)N1CCc2c(c(N3CCCc4nc(C)c(C(F)F)cc43)nn2C2CC(OC)C2)C1. The van der Waals surface area contributed by atoms with E-state index in [0.717, 1.165) is 48.5 Å². The summed E-state index contributed by atoms with van der Waals surface area (Å²) < 4.78 is 39.8. The first-order valence-electron chi connectivity index (χ1n) is 12.4. The number of ether oxygens (including phenoxy) is 2. The van der Waals surface area contributed by atoms with E-state index in [4.69, 9.17) is 14.6 Å². The van der Waals surface area contributed by atoms with Gasteiger partial charge < -0.3 is 19.3 Å². The number of halogens is 2. The molecule has 0 aromatic carbocycles. The summed E-state index contributed by atoms with van der Waals surface area (Å²) >= 11 is 0. The zero-order valence-electron chi connectivity index (χ0n) is 21.2. The largest absolute Gasteiger partial charge is 0.453 e. The summed E-state index contributed by atoms with van der Waals surface area (Å²) in [5.74, 6) is 0.728. The Hall–Kier alpha value is -2.75. The average molecular weight is 492 g/mol. The van der Waals surface area contributed by atoms with Crippen LogP contribution in [0.5, 0.6) is 0 Å². The molecule has 2 aromatic rings. The summed E-state index contributed by atoms with van der Waals surface area (Å²) in [5, 5.41) is 5.01. The number of amides is 1. The van der Waals surface area contributed by atoms with Crippen molar-refractivity contribution in [2.75, 3.05) is 32.2 Å². The number of anilines is 2. The molecule has 1 fully saturated rings. The molecule has 0 radical (unpaired) electrons. The van der Waals surface area contributed by atoms with E-state index in [-0.39, 0.29) is 23.8 Å². The van der Waals surface area contributed by atoms with Crippen molar-refractivity contribution in [2.45, 2.75) is 78.0 Å². The summed E-state index contributed by atoms with van der Waals surface area (Å²) in [5.41, 5.74) is 3.89. The van der Waals surface area contributed by atoms with Gasteiger partial charge in [-0.15, -0.1) is 0 Å². The molecule has 1 amide bonds. The predicted octanol–water partition coefficient (Wildman–Crippen LogP) is 5.11. The lowest BCUT2D eigenvalue weighted by Gasteiger charge is -2.36. The van der Waals surface area contributed by atoms with E-state index >= 15 is 0 Å². The zero-order chi connectivity index (χ0) is 25.3. The Morgan fingerprint density at radius 2 is 1.91 bits per heavy atom. The third-order valence-corrected chi connectivity index (χ3v) is 7.13. The standard InChI is InChI=1S/C23H29F2N5O3.C2H6/c1-13-16(21(24)25)11-20-18(26-13)5-4-7-29(20)22-17-12-28(23(31)33-3)8-6-19(17)30(27-22)14-9-15(10-14)32-2;1-2/h11,14-15,21H,4-10,12H2,1-3H3;1-2H3. The summed E-state index contributed by atoms with van der Waals surface area (Å²) in [4.78, 5) is 20.5. The molecule has 0 atom stereocenters. The molecule has 0 bridgehead atoms. The zero-order valence-corrected chi connectivity index (χ0v) is 21.2. The number of pyridine rings is 1. The van der Waals surface area contributed by atoms with Crippen molar-refractivity contribution in [3.05, 3.63) is 34.3 Å². The second kappa shape index (κ2) is 10.5. The quantitative estimate of drug-likeness (QED) is 0.592. The van der Waals surface area contributed by atoms with Gasteiger partial charge in [0.15, 0.2) is 5.82 Å². The lowest BCUT2D eigenvalue weighted by molar-refractivity contribution is 0.00140. The number of methoxy groups -OCH3 is 2. The van der Waals surface area contributed by atoms with Crippen molar-refractivity contribution < 1.29 is 23.0 Å². The molecule has 5 rings (SSSR count). The highest BCUT2D eigenvalue weighted by atomic mass is 19.3. The fourth-order valence-corrected chi connectivity index (χ4v) is 5.21. The lowest BCUT2D eigenvalue weighted by Crippen LogP contribution is -2.38. The van der Waals surface area contributed by atoms with Gasteiger partial charge in [0, 0.05) is 49.1 Å². The van der Waals surface area contributed by atoms with Crippen LogP contribution in [0.2, 0.25) is 0 Å². The molecule has 10 heteroatoms. The van der Waals surface area contributed by atoms with Crippen LogP contribution >= 0.6 is 0 Å². The first-order valence-corrected chi connectivity index (χ1v) is 12.4. The first-order chi connectivity index (χ1) is 16.9. The molecule has 0 unspecified atom stereocenters. The molecule has 0 saturated heterocycles. The highest BCUT2D eigenvalue weighted by Crippen LogP contribution is 2.42. The molecular weight excluding hydrogens is 456 g/mol. The second-order valence-electron chi connectivity index (χ2n) is 9.00. The number of hydrogen-bond acceptors (Lipinski definition) is 6. The van der Waals surface area contributed by atoms with Gasteiger partial charge in [-0.05, 0) is 38.7 Å². The van der Waals surface area contributed by atoms with Crippen LogP contribution in [-0.2, 0) is 28.9 Å². The Kier molecular flexibility index (Phi) is 7.59. The average Bonchev–Trinajstić information content (AvgIpc) is 3.21. The summed E-state index contributed by atoms with van der Waals surface area (Å²) in [6.07, 6.45) is 1.30. The number of alkyl halides is 2. The third kappa shape index (κ3) is 4.60. The van der Waals surface area contributed by atoms with Gasteiger partial charge in [0.05, 0.1) is 37.2 Å². The van der Waals surface area contributed by atoms with Crippen LogP contribution in [-0.4, -0.2) is 59.2 Å². The fourth-order valence-electron chi connectivity index (χ4n) is 5.21. The minimum Gasteiger partial charge on any atom is -0.453 e. The van der Waals surface area contributed by atoms with Crippen LogP contribution in [0, 0.1) is 6.92 Å². The van der Waals surface area contributed by atoms with Gasteiger partial charge in [0.2, 0.25) is 0 Å². The summed E-state index contributed by atoms with van der Waals surface area (Å²) in [6.45, 7) is 7.23. The molecule has 1 aliphatic carbocycles. The summed E-state index contributed by atoms with van der Waals surface area (Å²) in [7, 11) is 3.10. The molecule has 192 valence electrons. The maximum absolute atomic E-state index is 13.7. The van der Waals surface area contributed by atoms with Gasteiger partial charge in [-0.2, -0.15) is 5.10 Å². The van der Waals surface area contributed by atoms with E-state index in [1.165, 1.54) is 7.11 Å². The highest BCUT2D eigenvalue weighted by Gasteiger charge is 2.38. The Balaban J connectivity index is 0.00000141. The minimum atomic E-state index is -2.59. The second-order valence-corrected chi connectivity index (χ2v) is 9.00. The van der Waals surface area contributed by atoms with E-state index in [9.17, 15) is 13.6 Å². The lowest BCUT2D eigenvalue weighted by atomic mass is 9.89. The van der Waals surface area contributed by atoms with Crippen LogP contribution in [0.4, 0.5) is 25.1 Å². The number of rotatable bonds is 4. The van der Waals surface area contributed by atoms with E-state index < -0.39 is 6.43 Å². The van der Waals surface area contributed by atoms with Crippen LogP contribution < -0.4 is 4.90 Å². The molecule has 3 aliphatic rings. The molecule has 35 heavy (non-hydrogen) atoms. The topological polar surface area (TPSA) is 72.7 Å². The normalized spacial score (nSPS) is 21.0. The fraction of sp³-hybridized carbons (Fsp3) is 0.640. The van der Waals surface area contributed by atoms with Crippen LogP contribution in [0.1, 0.15) is 73.8 Å². The first kappa shape index (κ1) is 25.3. The Morgan fingerprint density at radius 1 is 1.17 bits per heavy atom. The molecule has 0 spiro atoms. The number of aromatic nitrogens is 3. The smallest absolute Gasteiger partial charge is 0.409 e. The van der Waals surface area contributed by atoms with E-state index in [2.05, 4.69) is 9.67 Å². The van der Waals surface area contributed by atoms with Gasteiger partial charge in [0.1, 0.15) is 0 Å². The van der Waals surface area contributed by atoms with Crippen molar-refractivity contribution in [1.29, 1.82) is 0 Å². The number of aryl methyl sites for hydroxylation is 2. The highest BCUT2D eigenvalue weighted by molar-refractivity contribution is 5.71. The Morgan fingerprint density at radius 3 is 2.57 bits per heavy atom. The molecule has 0 N–H and O–H groups in total. The van der Waals surface area contributed by atoms with E-state index in [0.29, 0.717) is 37.4 Å². The predicted molar refractivity (Wildman–Crippen MR) is 128 cm³/mol. The molecule has 2 aliphatic heterocycles. The number of hydrogen-bond donors (Lipinski definition) is 0. The molecule has 1 saturated carbocycles. The van der Waals surface area contributed by atoms with Gasteiger partial charge in [-0.3, -0.25) is 9.67 Å². The van der Waals surface area contributed by atoms with Crippen molar-refractivity contribution in [1.82, 2.24) is 19.7 Å². The van der Waals surface area contributed by atoms with Crippen molar-refractivity contribution in [3.63, 3.8) is 0 Å². The third-order valence-electron chi connectivity index (χ3n) is 7.13. The minimum absolute atomic E-state index is 0.0490. The number of nitrogens with zero attached hydrogens (tertiary/aromatic N) is 5. The number of fused-ring (bicyclic) bond motifs is 2. The molecule has 4 heterocycles. The molecule has 8 nitrogen and oxygen atoms in total. The van der Waals surface area contributed by atoms with Crippen LogP contribution in [0.3, 0.4) is 0 Å². The summed E-state index contributed by atoms with van der Waals surface area (Å²) in [6, 6.07) is 1.80. The van der Waals surface area contributed by atoms with Gasteiger partial charge >= 0.3 is 6.09 Å². The number of carbonyl (C=O) groups is 1. The monoisotopic (exact) mass is 491 g/mol. The van der Waals surface area contributed by atoms with Crippen LogP contribution in [0.15, 0.2) is 6.07 Å². The van der Waals surface area contributed by atoms with Gasteiger partial charge in [-0.1, -0.05) is 13.8 Å². The Bertz CT molecular complexity index is 1070. The van der Waals surface area contributed by atoms with Gasteiger partial charge in [-0.25, -0.2) is 13.6 Å². The molecule has 2 aromatic heterocycles. The van der Waals surface area contributed by atoms with Crippen molar-refractivity contribution in [2.24, 2.45) is 0 Å². The molecular formula is C25H35F2N5O3. The van der Waals surface area contributed by atoms with Gasteiger partial charge in [0.25, 0.3) is 6.43 Å². The van der Waals surface area contributed by atoms with E-state index in [1.54, 1.807) is 25.0 Å². The number of carbonyl (C=O) groups excluding carboxylic acids is 1. The van der Waals surface area contributed by atoms with Crippen molar-refractivity contribution in [3.8, 4) is 0 Å².